The average molecular weight is 380 g/mol. The molecule has 5 nitrogen and oxygen atoms in total. The van der Waals surface area contributed by atoms with Crippen LogP contribution in [0.2, 0.25) is 0 Å². The summed E-state index contributed by atoms with van der Waals surface area (Å²) >= 11 is 0. The summed E-state index contributed by atoms with van der Waals surface area (Å²) in [6, 6.07) is 4.66. The minimum absolute atomic E-state index is 0. The molecule has 6 heteroatoms. The summed E-state index contributed by atoms with van der Waals surface area (Å²) in [4.78, 5) is 27.0. The topological polar surface area (TPSA) is 75.4 Å². The zero-order chi connectivity index (χ0) is 18.1. The predicted octanol–water partition coefficient (Wildman–Crippen LogP) is 2.77. The fourth-order valence-corrected chi connectivity index (χ4v) is 4.28. The van der Waals surface area contributed by atoms with Gasteiger partial charge in [-0.05, 0) is 57.6 Å². The summed E-state index contributed by atoms with van der Waals surface area (Å²) in [5.74, 6) is -0.206. The molecule has 1 unspecified atom stereocenters. The monoisotopic (exact) mass is 379 g/mol. The number of nitrogens with zero attached hydrogens (tertiary/aromatic N) is 1. The van der Waals surface area contributed by atoms with Gasteiger partial charge in [-0.25, -0.2) is 0 Å². The molecule has 1 aromatic rings. The van der Waals surface area contributed by atoms with Crippen molar-refractivity contribution < 1.29 is 9.59 Å². The highest BCUT2D eigenvalue weighted by Crippen LogP contribution is 2.32. The first-order chi connectivity index (χ1) is 11.8. The van der Waals surface area contributed by atoms with Gasteiger partial charge in [-0.1, -0.05) is 17.7 Å². The van der Waals surface area contributed by atoms with Gasteiger partial charge in [0.25, 0.3) is 0 Å². The predicted molar refractivity (Wildman–Crippen MR) is 107 cm³/mol. The molecule has 1 saturated heterocycles. The van der Waals surface area contributed by atoms with Gasteiger partial charge in [0.1, 0.15) is 0 Å². The molecule has 1 atom stereocenters. The number of anilines is 1. The second-order valence-corrected chi connectivity index (χ2v) is 7.77. The van der Waals surface area contributed by atoms with Crippen LogP contribution in [0.5, 0.6) is 0 Å². The number of halogens is 1. The smallest absolute Gasteiger partial charge is 0.227 e. The Balaban J connectivity index is 0.00000243. The lowest BCUT2D eigenvalue weighted by atomic mass is 9.91. The highest BCUT2D eigenvalue weighted by Gasteiger charge is 2.37. The van der Waals surface area contributed by atoms with Gasteiger partial charge in [-0.3, -0.25) is 9.59 Å². The van der Waals surface area contributed by atoms with Gasteiger partial charge in [0, 0.05) is 30.7 Å². The van der Waals surface area contributed by atoms with E-state index in [1.165, 1.54) is 5.56 Å². The van der Waals surface area contributed by atoms with Crippen molar-refractivity contribution in [3.05, 3.63) is 28.8 Å². The second kappa shape index (κ2) is 8.40. The molecule has 0 radical (unpaired) electrons. The third-order valence-electron chi connectivity index (χ3n) is 5.52. The van der Waals surface area contributed by atoms with Crippen LogP contribution in [-0.4, -0.2) is 30.4 Å². The molecule has 0 spiro atoms. The van der Waals surface area contributed by atoms with Crippen molar-refractivity contribution in [1.29, 1.82) is 0 Å². The summed E-state index contributed by atoms with van der Waals surface area (Å²) in [6.45, 7) is 6.59. The van der Waals surface area contributed by atoms with Crippen molar-refractivity contribution in [2.75, 3.05) is 11.4 Å². The normalized spacial score (nSPS) is 25.8. The van der Waals surface area contributed by atoms with Crippen LogP contribution in [0.1, 0.15) is 48.8 Å². The second-order valence-electron chi connectivity index (χ2n) is 7.77. The Hall–Kier alpha value is -1.59. The lowest BCUT2D eigenvalue weighted by Crippen LogP contribution is -2.43. The summed E-state index contributed by atoms with van der Waals surface area (Å²) in [5, 5.41) is 3.14. The molecule has 0 aromatic heterocycles. The highest BCUT2D eigenvalue weighted by atomic mass is 35.5. The molecule has 144 valence electrons. The molecule has 2 fully saturated rings. The first-order valence-corrected chi connectivity index (χ1v) is 9.29. The number of carbonyl (C=O) groups excluding carboxylic acids is 2. The van der Waals surface area contributed by atoms with Crippen molar-refractivity contribution in [3.63, 3.8) is 0 Å². The number of carbonyl (C=O) groups is 2. The van der Waals surface area contributed by atoms with Gasteiger partial charge < -0.3 is 16.0 Å². The molecule has 2 aliphatic rings. The summed E-state index contributed by atoms with van der Waals surface area (Å²) < 4.78 is 0. The average Bonchev–Trinajstić information content (AvgIpc) is 2.90. The van der Waals surface area contributed by atoms with Crippen LogP contribution in [0, 0.1) is 26.7 Å². The van der Waals surface area contributed by atoms with E-state index in [9.17, 15) is 9.59 Å². The minimum atomic E-state index is -0.261. The van der Waals surface area contributed by atoms with E-state index in [0.29, 0.717) is 13.0 Å². The van der Waals surface area contributed by atoms with Gasteiger partial charge in [0.05, 0.1) is 5.92 Å². The largest absolute Gasteiger partial charge is 0.353 e. The van der Waals surface area contributed by atoms with Crippen LogP contribution in [0.4, 0.5) is 5.69 Å². The van der Waals surface area contributed by atoms with Gasteiger partial charge >= 0.3 is 0 Å². The molecule has 3 rings (SSSR count). The van der Waals surface area contributed by atoms with E-state index in [1.807, 2.05) is 13.8 Å². The number of nitrogens with one attached hydrogen (secondary N) is 1. The van der Waals surface area contributed by atoms with Crippen molar-refractivity contribution in [2.45, 2.75) is 65.0 Å². The fraction of sp³-hybridized carbons (Fsp3) is 0.600. The van der Waals surface area contributed by atoms with E-state index in [4.69, 9.17) is 5.73 Å². The third-order valence-corrected chi connectivity index (χ3v) is 5.52. The van der Waals surface area contributed by atoms with Crippen molar-refractivity contribution in [1.82, 2.24) is 5.32 Å². The van der Waals surface area contributed by atoms with Gasteiger partial charge in [-0.15, -0.1) is 12.4 Å². The summed E-state index contributed by atoms with van der Waals surface area (Å²) in [5.41, 5.74) is 10.3. The number of amides is 2. The molecule has 1 aromatic carbocycles. The van der Waals surface area contributed by atoms with Crippen LogP contribution in [0.25, 0.3) is 0 Å². The number of benzene rings is 1. The Morgan fingerprint density at radius 3 is 2.27 bits per heavy atom. The Morgan fingerprint density at radius 1 is 1.12 bits per heavy atom. The van der Waals surface area contributed by atoms with Crippen LogP contribution >= 0.6 is 12.4 Å². The van der Waals surface area contributed by atoms with Crippen molar-refractivity contribution in [3.8, 4) is 0 Å². The molecular weight excluding hydrogens is 350 g/mol. The van der Waals surface area contributed by atoms with E-state index in [-0.39, 0.29) is 42.2 Å². The number of rotatable bonds is 3. The lowest BCUT2D eigenvalue weighted by molar-refractivity contribution is -0.127. The number of aryl methyl sites for hydroxylation is 3. The van der Waals surface area contributed by atoms with E-state index in [1.54, 1.807) is 4.90 Å². The van der Waals surface area contributed by atoms with Crippen LogP contribution in [0.15, 0.2) is 12.1 Å². The van der Waals surface area contributed by atoms with Gasteiger partial charge in [-0.2, -0.15) is 0 Å². The minimum Gasteiger partial charge on any atom is -0.353 e. The molecule has 1 saturated carbocycles. The van der Waals surface area contributed by atoms with Crippen LogP contribution in [-0.2, 0) is 9.59 Å². The first kappa shape index (κ1) is 20.7. The fourth-order valence-electron chi connectivity index (χ4n) is 4.28. The molecular formula is C20H30ClN3O2. The lowest BCUT2D eigenvalue weighted by Gasteiger charge is -2.28. The standard InChI is InChI=1S/C20H29N3O2.ClH/c1-12-8-13(2)19(14(3)9-12)23-11-15(10-18(23)24)20(25)22-17-6-4-16(21)5-7-17;/h8-9,15-17H,4-7,10-11,21H2,1-3H3,(H,22,25);1H. The molecule has 1 aliphatic carbocycles. The van der Waals surface area contributed by atoms with Crippen molar-refractivity contribution in [2.24, 2.45) is 11.7 Å². The van der Waals surface area contributed by atoms with Crippen molar-refractivity contribution >= 4 is 29.9 Å². The molecule has 3 N–H and O–H groups in total. The number of nitrogens with two attached hydrogens (primary N) is 1. The van der Waals surface area contributed by atoms with Gasteiger partial charge in [0.15, 0.2) is 0 Å². The first-order valence-electron chi connectivity index (χ1n) is 9.29. The maximum Gasteiger partial charge on any atom is 0.227 e. The molecule has 2 amide bonds. The maximum atomic E-state index is 12.6. The highest BCUT2D eigenvalue weighted by molar-refractivity contribution is 6.01. The van der Waals surface area contributed by atoms with E-state index in [0.717, 1.165) is 42.5 Å². The van der Waals surface area contributed by atoms with Gasteiger partial charge in [0.2, 0.25) is 11.8 Å². The van der Waals surface area contributed by atoms with E-state index < -0.39 is 0 Å². The molecule has 1 aliphatic heterocycles. The number of hydrogen-bond acceptors (Lipinski definition) is 3. The zero-order valence-electron chi connectivity index (χ0n) is 15.9. The van der Waals surface area contributed by atoms with E-state index in [2.05, 4.69) is 24.4 Å². The maximum absolute atomic E-state index is 12.6. The Labute approximate surface area is 162 Å². The summed E-state index contributed by atoms with van der Waals surface area (Å²) in [7, 11) is 0. The van der Waals surface area contributed by atoms with Crippen LogP contribution < -0.4 is 16.0 Å². The Morgan fingerprint density at radius 2 is 1.69 bits per heavy atom. The number of hydrogen-bond donors (Lipinski definition) is 2. The SMILES string of the molecule is Cc1cc(C)c(N2CC(C(=O)NC3CCC(N)CC3)CC2=O)c(C)c1.Cl. The quantitative estimate of drug-likeness (QED) is 0.847. The Bertz CT molecular complexity index is 661. The van der Waals surface area contributed by atoms with E-state index >= 15 is 0 Å². The third kappa shape index (κ3) is 4.38. The summed E-state index contributed by atoms with van der Waals surface area (Å²) in [6.07, 6.45) is 4.09. The Kier molecular flexibility index (Phi) is 6.69. The van der Waals surface area contributed by atoms with Crippen LogP contribution in [0.3, 0.4) is 0 Å². The molecule has 1 heterocycles. The molecule has 0 bridgehead atoms. The molecule has 26 heavy (non-hydrogen) atoms. The zero-order valence-corrected chi connectivity index (χ0v) is 16.7.